The summed E-state index contributed by atoms with van der Waals surface area (Å²) in [6, 6.07) is 14.6. The van der Waals surface area contributed by atoms with E-state index >= 15 is 0 Å². The molecular formula is C18H17ClN3O+. The molecule has 0 aliphatic carbocycles. The van der Waals surface area contributed by atoms with Crippen LogP contribution in [0, 0.1) is 0 Å². The molecule has 0 aliphatic heterocycles. The van der Waals surface area contributed by atoms with Gasteiger partial charge in [-0.2, -0.15) is 0 Å². The number of hydrogen-bond donors (Lipinski definition) is 1. The van der Waals surface area contributed by atoms with Crippen LogP contribution in [0.15, 0.2) is 61.4 Å². The Labute approximate surface area is 139 Å². The predicted molar refractivity (Wildman–Crippen MR) is 93.3 cm³/mol. The Kier molecular flexibility index (Phi) is 4.17. The second kappa shape index (κ2) is 6.26. The van der Waals surface area contributed by atoms with Crippen molar-refractivity contribution in [1.29, 1.82) is 0 Å². The molecule has 1 heterocycles. The van der Waals surface area contributed by atoms with E-state index in [0.29, 0.717) is 10.7 Å². The first-order valence-corrected chi connectivity index (χ1v) is 7.67. The van der Waals surface area contributed by atoms with Crippen molar-refractivity contribution in [2.24, 2.45) is 0 Å². The molecule has 0 spiro atoms. The molecule has 0 aliphatic rings. The van der Waals surface area contributed by atoms with Crippen molar-refractivity contribution in [2.45, 2.75) is 13.0 Å². The molecule has 0 saturated carbocycles. The van der Waals surface area contributed by atoms with E-state index in [1.807, 2.05) is 52.7 Å². The number of halogens is 1. The number of imidazole rings is 1. The Bertz CT molecular complexity index is 885. The van der Waals surface area contributed by atoms with Gasteiger partial charge in [0.25, 0.3) is 5.91 Å². The Morgan fingerprint density at radius 1 is 1.30 bits per heavy atom. The minimum atomic E-state index is -0.375. The van der Waals surface area contributed by atoms with Crippen LogP contribution >= 0.6 is 11.6 Å². The highest BCUT2D eigenvalue weighted by atomic mass is 35.5. The molecule has 2 aromatic carbocycles. The van der Waals surface area contributed by atoms with Crippen LogP contribution in [0.3, 0.4) is 0 Å². The van der Waals surface area contributed by atoms with Crippen molar-refractivity contribution in [3.63, 3.8) is 0 Å². The van der Waals surface area contributed by atoms with Crippen molar-refractivity contribution < 1.29 is 9.36 Å². The number of carbonyl (C=O) groups is 1. The number of amides is 1. The zero-order valence-electron chi connectivity index (χ0n) is 12.7. The number of para-hydroxylation sites is 2. The molecule has 116 valence electrons. The zero-order chi connectivity index (χ0) is 16.4. The van der Waals surface area contributed by atoms with Crippen LogP contribution in [0.4, 0.5) is 5.69 Å². The third-order valence-electron chi connectivity index (χ3n) is 3.77. The second-order valence-corrected chi connectivity index (χ2v) is 5.71. The summed E-state index contributed by atoms with van der Waals surface area (Å²) < 4.78 is 3.83. The van der Waals surface area contributed by atoms with Crippen LogP contribution < -0.4 is 9.88 Å². The predicted octanol–water partition coefficient (Wildman–Crippen LogP) is 3.88. The summed E-state index contributed by atoms with van der Waals surface area (Å²) in [5, 5.41) is 3.48. The summed E-state index contributed by atoms with van der Waals surface area (Å²) in [6.45, 7) is 5.67. The average Bonchev–Trinajstić information content (AvgIpc) is 2.93. The molecule has 3 aromatic rings. The number of carbonyl (C=O) groups excluding carboxylic acids is 1. The largest absolute Gasteiger partial charge is 0.322 e. The summed E-state index contributed by atoms with van der Waals surface area (Å²) in [6.07, 6.45) is 3.60. The van der Waals surface area contributed by atoms with Gasteiger partial charge in [0.15, 0.2) is 17.1 Å². The van der Waals surface area contributed by atoms with Gasteiger partial charge in [-0.15, -0.1) is 0 Å². The quantitative estimate of drug-likeness (QED) is 0.726. The van der Waals surface area contributed by atoms with Crippen molar-refractivity contribution >= 4 is 40.4 Å². The monoisotopic (exact) mass is 326 g/mol. The summed E-state index contributed by atoms with van der Waals surface area (Å²) in [5.41, 5.74) is 2.66. The minimum absolute atomic E-state index is 0.107. The fraction of sp³-hybridized carbons (Fsp3) is 0.111. The van der Waals surface area contributed by atoms with Gasteiger partial charge in [-0.3, -0.25) is 4.79 Å². The zero-order valence-corrected chi connectivity index (χ0v) is 13.5. The van der Waals surface area contributed by atoms with E-state index in [1.54, 1.807) is 24.4 Å². The third-order valence-corrected chi connectivity index (χ3v) is 4.01. The van der Waals surface area contributed by atoms with Crippen LogP contribution in [0.1, 0.15) is 13.0 Å². The Balaban J connectivity index is 1.92. The number of rotatable bonds is 4. The number of nitrogens with zero attached hydrogens (tertiary/aromatic N) is 2. The molecule has 0 radical (unpaired) electrons. The first-order chi connectivity index (χ1) is 11.1. The van der Waals surface area contributed by atoms with Gasteiger partial charge < -0.3 is 5.32 Å². The molecule has 1 aromatic heterocycles. The fourth-order valence-electron chi connectivity index (χ4n) is 2.55. The standard InChI is InChI=1S/C18H16ClN3O/c1-3-21-12-22(17-10-5-4-9-16(17)21)13(2)18(23)20-15-8-6-7-14(19)11-15/h3-13H,1H2,2H3/p+1/t13-/m0/s1. The molecule has 5 heteroatoms. The summed E-state index contributed by atoms with van der Waals surface area (Å²) in [7, 11) is 0. The van der Waals surface area contributed by atoms with Crippen molar-refractivity contribution in [3.8, 4) is 0 Å². The van der Waals surface area contributed by atoms with Gasteiger partial charge in [-0.25, -0.2) is 9.13 Å². The lowest BCUT2D eigenvalue weighted by Crippen LogP contribution is -2.43. The van der Waals surface area contributed by atoms with Crippen LogP contribution in [-0.4, -0.2) is 10.5 Å². The molecule has 3 rings (SSSR count). The van der Waals surface area contributed by atoms with E-state index in [9.17, 15) is 4.79 Å². The molecule has 0 fully saturated rings. The van der Waals surface area contributed by atoms with Gasteiger partial charge in [0, 0.05) is 10.7 Å². The first kappa shape index (κ1) is 15.3. The van der Waals surface area contributed by atoms with Crippen molar-refractivity contribution in [1.82, 2.24) is 4.57 Å². The van der Waals surface area contributed by atoms with E-state index in [1.165, 1.54) is 0 Å². The smallest absolute Gasteiger partial charge is 0.269 e. The van der Waals surface area contributed by atoms with Crippen LogP contribution in [0.5, 0.6) is 0 Å². The number of benzene rings is 2. The van der Waals surface area contributed by atoms with Crippen LogP contribution in [-0.2, 0) is 4.79 Å². The van der Waals surface area contributed by atoms with E-state index in [0.717, 1.165) is 11.0 Å². The Hall–Kier alpha value is -2.59. The molecule has 4 nitrogen and oxygen atoms in total. The molecule has 23 heavy (non-hydrogen) atoms. The van der Waals surface area contributed by atoms with Gasteiger partial charge in [-0.05, 0) is 37.3 Å². The van der Waals surface area contributed by atoms with Gasteiger partial charge in [-0.1, -0.05) is 36.4 Å². The van der Waals surface area contributed by atoms with Crippen LogP contribution in [0.25, 0.3) is 17.2 Å². The first-order valence-electron chi connectivity index (χ1n) is 7.30. The topological polar surface area (TPSA) is 37.9 Å². The highest BCUT2D eigenvalue weighted by Gasteiger charge is 2.24. The summed E-state index contributed by atoms with van der Waals surface area (Å²) in [4.78, 5) is 12.6. The number of hydrogen-bond acceptors (Lipinski definition) is 1. The van der Waals surface area contributed by atoms with Gasteiger partial charge >= 0.3 is 0 Å². The van der Waals surface area contributed by atoms with E-state index in [4.69, 9.17) is 11.6 Å². The highest BCUT2D eigenvalue weighted by molar-refractivity contribution is 6.30. The molecule has 0 unspecified atom stereocenters. The van der Waals surface area contributed by atoms with Crippen LogP contribution in [0.2, 0.25) is 5.02 Å². The van der Waals surface area contributed by atoms with Crippen molar-refractivity contribution in [3.05, 3.63) is 66.5 Å². The number of fused-ring (bicyclic) bond motifs is 1. The van der Waals surface area contributed by atoms with Gasteiger partial charge in [0.2, 0.25) is 6.33 Å². The number of nitrogens with one attached hydrogen (secondary N) is 1. The maximum Gasteiger partial charge on any atom is 0.269 e. The Morgan fingerprint density at radius 2 is 2.09 bits per heavy atom. The highest BCUT2D eigenvalue weighted by Crippen LogP contribution is 2.17. The lowest BCUT2D eigenvalue weighted by Gasteiger charge is -2.10. The minimum Gasteiger partial charge on any atom is -0.322 e. The van der Waals surface area contributed by atoms with Gasteiger partial charge in [0.05, 0.1) is 6.20 Å². The lowest BCUT2D eigenvalue weighted by atomic mass is 10.2. The average molecular weight is 327 g/mol. The van der Waals surface area contributed by atoms with Gasteiger partial charge in [0.1, 0.15) is 0 Å². The van der Waals surface area contributed by atoms with E-state index in [-0.39, 0.29) is 11.9 Å². The third kappa shape index (κ3) is 2.98. The van der Waals surface area contributed by atoms with E-state index < -0.39 is 0 Å². The molecule has 1 N–H and O–H groups in total. The summed E-state index contributed by atoms with van der Waals surface area (Å²) in [5.74, 6) is -0.107. The molecule has 1 amide bonds. The summed E-state index contributed by atoms with van der Waals surface area (Å²) >= 11 is 5.95. The second-order valence-electron chi connectivity index (χ2n) is 5.28. The molecule has 0 saturated heterocycles. The SMILES string of the molecule is C=Cn1c[n+]([C@@H](C)C(=O)Nc2cccc(Cl)c2)c2ccccc21. The van der Waals surface area contributed by atoms with E-state index in [2.05, 4.69) is 11.9 Å². The maximum absolute atomic E-state index is 12.6. The Morgan fingerprint density at radius 3 is 2.83 bits per heavy atom. The normalized spacial score (nSPS) is 12.1. The molecular weight excluding hydrogens is 310 g/mol. The molecule has 1 atom stereocenters. The lowest BCUT2D eigenvalue weighted by molar-refractivity contribution is -0.680. The maximum atomic E-state index is 12.6. The fourth-order valence-corrected chi connectivity index (χ4v) is 2.74. The number of aromatic nitrogens is 2. The molecule has 0 bridgehead atoms. The van der Waals surface area contributed by atoms with Crippen molar-refractivity contribution in [2.75, 3.05) is 5.32 Å². The number of anilines is 1.